The molecule has 0 saturated heterocycles. The zero-order valence-corrected chi connectivity index (χ0v) is 12.2. The Bertz CT molecular complexity index is 711. The van der Waals surface area contributed by atoms with Crippen LogP contribution in [0.5, 0.6) is 0 Å². The van der Waals surface area contributed by atoms with Gasteiger partial charge in [0.25, 0.3) is 11.6 Å². The smallest absolute Gasteiger partial charge is 0.277 e. The molecule has 0 aliphatic carbocycles. The van der Waals surface area contributed by atoms with E-state index in [4.69, 9.17) is 11.6 Å². The molecule has 0 radical (unpaired) electrons. The SMILES string of the molecule is CCn1cc(Cl)c(C(=O)Nc2ccc([N+](=O)[O-])cc2C)n1. The second-order valence-corrected chi connectivity index (χ2v) is 4.80. The van der Waals surface area contributed by atoms with Gasteiger partial charge in [-0.05, 0) is 25.5 Å². The molecule has 1 aromatic carbocycles. The first-order chi connectivity index (χ1) is 9.92. The maximum Gasteiger partial charge on any atom is 0.277 e. The van der Waals surface area contributed by atoms with Gasteiger partial charge < -0.3 is 5.32 Å². The van der Waals surface area contributed by atoms with Gasteiger partial charge in [-0.1, -0.05) is 11.6 Å². The van der Waals surface area contributed by atoms with E-state index in [0.29, 0.717) is 17.8 Å². The van der Waals surface area contributed by atoms with Crippen molar-refractivity contribution in [1.82, 2.24) is 9.78 Å². The standard InChI is InChI=1S/C13H13ClN4O3/c1-3-17-7-10(14)12(16-17)13(19)15-11-5-4-9(18(20)21)6-8(11)2/h4-7H,3H2,1-2H3,(H,15,19). The Kier molecular flexibility index (Phi) is 4.23. The van der Waals surface area contributed by atoms with Crippen LogP contribution < -0.4 is 5.32 Å². The normalized spacial score (nSPS) is 10.4. The zero-order chi connectivity index (χ0) is 15.6. The minimum absolute atomic E-state index is 0.0289. The van der Waals surface area contributed by atoms with Gasteiger partial charge >= 0.3 is 0 Å². The molecule has 8 heteroatoms. The highest BCUT2D eigenvalue weighted by atomic mass is 35.5. The summed E-state index contributed by atoms with van der Waals surface area (Å²) in [5.41, 5.74) is 1.16. The van der Waals surface area contributed by atoms with Gasteiger partial charge in [-0.2, -0.15) is 5.10 Å². The van der Waals surface area contributed by atoms with Crippen molar-refractivity contribution in [1.29, 1.82) is 0 Å². The predicted molar refractivity (Wildman–Crippen MR) is 78.7 cm³/mol. The fraction of sp³-hybridized carbons (Fsp3) is 0.231. The third-order valence-electron chi connectivity index (χ3n) is 2.93. The molecule has 0 bridgehead atoms. The van der Waals surface area contributed by atoms with E-state index in [1.165, 1.54) is 18.2 Å². The Hall–Kier alpha value is -2.41. The number of benzene rings is 1. The van der Waals surface area contributed by atoms with Crippen LogP contribution in [0.4, 0.5) is 11.4 Å². The second-order valence-electron chi connectivity index (χ2n) is 4.39. The first kappa shape index (κ1) is 15.0. The molecule has 2 aromatic rings. The topological polar surface area (TPSA) is 90.1 Å². The van der Waals surface area contributed by atoms with Crippen molar-refractivity contribution in [2.24, 2.45) is 0 Å². The van der Waals surface area contributed by atoms with E-state index in [0.717, 1.165) is 0 Å². The Morgan fingerprint density at radius 1 is 1.52 bits per heavy atom. The lowest BCUT2D eigenvalue weighted by molar-refractivity contribution is -0.384. The van der Waals surface area contributed by atoms with Crippen LogP contribution in [0.25, 0.3) is 0 Å². The van der Waals surface area contributed by atoms with Crippen LogP contribution in [0.2, 0.25) is 5.02 Å². The highest BCUT2D eigenvalue weighted by molar-refractivity contribution is 6.34. The lowest BCUT2D eigenvalue weighted by Crippen LogP contribution is -2.14. The molecule has 0 unspecified atom stereocenters. The fourth-order valence-corrected chi connectivity index (χ4v) is 2.03. The van der Waals surface area contributed by atoms with Gasteiger partial charge in [0.05, 0.1) is 9.95 Å². The number of nitro benzene ring substituents is 1. The minimum atomic E-state index is -0.488. The van der Waals surface area contributed by atoms with Crippen LogP contribution >= 0.6 is 11.6 Å². The number of hydrogen-bond acceptors (Lipinski definition) is 4. The fourth-order valence-electron chi connectivity index (χ4n) is 1.80. The van der Waals surface area contributed by atoms with E-state index in [1.54, 1.807) is 17.8 Å². The molecule has 1 heterocycles. The van der Waals surface area contributed by atoms with Crippen molar-refractivity contribution < 1.29 is 9.72 Å². The summed E-state index contributed by atoms with van der Waals surface area (Å²) >= 11 is 5.96. The quantitative estimate of drug-likeness (QED) is 0.694. The van der Waals surface area contributed by atoms with E-state index >= 15 is 0 Å². The minimum Gasteiger partial charge on any atom is -0.320 e. The molecule has 0 spiro atoms. The summed E-state index contributed by atoms with van der Waals surface area (Å²) < 4.78 is 1.56. The van der Waals surface area contributed by atoms with Crippen LogP contribution in [0.15, 0.2) is 24.4 Å². The van der Waals surface area contributed by atoms with Crippen molar-refractivity contribution in [2.45, 2.75) is 20.4 Å². The lowest BCUT2D eigenvalue weighted by atomic mass is 10.1. The average Bonchev–Trinajstić information content (AvgIpc) is 2.82. The summed E-state index contributed by atoms with van der Waals surface area (Å²) in [7, 11) is 0. The molecule has 21 heavy (non-hydrogen) atoms. The van der Waals surface area contributed by atoms with Crippen molar-refractivity contribution in [2.75, 3.05) is 5.32 Å². The number of aryl methyl sites for hydroxylation is 2. The highest BCUT2D eigenvalue weighted by Gasteiger charge is 2.17. The van der Waals surface area contributed by atoms with Crippen LogP contribution in [-0.4, -0.2) is 20.6 Å². The molecule has 110 valence electrons. The molecule has 7 nitrogen and oxygen atoms in total. The largest absolute Gasteiger partial charge is 0.320 e. The molecule has 0 fully saturated rings. The number of rotatable bonds is 4. The van der Waals surface area contributed by atoms with Crippen LogP contribution in [0, 0.1) is 17.0 Å². The van der Waals surface area contributed by atoms with E-state index in [1.807, 2.05) is 6.92 Å². The van der Waals surface area contributed by atoms with Gasteiger partial charge in [0.1, 0.15) is 0 Å². The summed E-state index contributed by atoms with van der Waals surface area (Å²) in [6.07, 6.45) is 1.57. The Labute approximate surface area is 125 Å². The van der Waals surface area contributed by atoms with Crippen molar-refractivity contribution >= 4 is 28.9 Å². The number of carbonyl (C=O) groups excluding carboxylic acids is 1. The van der Waals surface area contributed by atoms with E-state index in [-0.39, 0.29) is 16.4 Å². The predicted octanol–water partition coefficient (Wildman–Crippen LogP) is 3.03. The van der Waals surface area contributed by atoms with Crippen LogP contribution in [0.1, 0.15) is 23.0 Å². The number of anilines is 1. The van der Waals surface area contributed by atoms with Crippen molar-refractivity contribution in [3.05, 3.63) is 50.8 Å². The third kappa shape index (κ3) is 3.19. The maximum atomic E-state index is 12.1. The van der Waals surface area contributed by atoms with Gasteiger partial charge in [-0.15, -0.1) is 0 Å². The third-order valence-corrected chi connectivity index (χ3v) is 3.20. The average molecular weight is 309 g/mol. The summed E-state index contributed by atoms with van der Waals surface area (Å²) in [6.45, 7) is 4.16. The molecule has 1 aromatic heterocycles. The molecule has 0 saturated carbocycles. The number of nitrogens with zero attached hydrogens (tertiary/aromatic N) is 3. The van der Waals surface area contributed by atoms with Gasteiger partial charge in [0.2, 0.25) is 0 Å². The molecule has 1 amide bonds. The number of non-ortho nitro benzene ring substituents is 1. The number of hydrogen-bond donors (Lipinski definition) is 1. The summed E-state index contributed by atoms with van der Waals surface area (Å²) in [6, 6.07) is 4.20. The first-order valence-electron chi connectivity index (χ1n) is 6.21. The van der Waals surface area contributed by atoms with Crippen molar-refractivity contribution in [3.63, 3.8) is 0 Å². The van der Waals surface area contributed by atoms with Crippen molar-refractivity contribution in [3.8, 4) is 0 Å². The molecule has 0 atom stereocenters. The van der Waals surface area contributed by atoms with Gasteiger partial charge in [-0.25, -0.2) is 0 Å². The molecular formula is C13H13ClN4O3. The number of carbonyl (C=O) groups is 1. The molecule has 0 aliphatic heterocycles. The van der Waals surface area contributed by atoms with E-state index in [2.05, 4.69) is 10.4 Å². The molecule has 1 N–H and O–H groups in total. The monoisotopic (exact) mass is 308 g/mol. The first-order valence-corrected chi connectivity index (χ1v) is 6.59. The van der Waals surface area contributed by atoms with Crippen LogP contribution in [-0.2, 0) is 6.54 Å². The Morgan fingerprint density at radius 2 is 2.24 bits per heavy atom. The van der Waals surface area contributed by atoms with E-state index < -0.39 is 10.8 Å². The summed E-state index contributed by atoms with van der Waals surface area (Å²) in [4.78, 5) is 22.3. The van der Waals surface area contributed by atoms with E-state index in [9.17, 15) is 14.9 Å². The van der Waals surface area contributed by atoms with Gasteiger partial charge in [-0.3, -0.25) is 19.6 Å². The molecular weight excluding hydrogens is 296 g/mol. The zero-order valence-electron chi connectivity index (χ0n) is 11.5. The van der Waals surface area contributed by atoms with Gasteiger partial charge in [0, 0.05) is 30.6 Å². The Balaban J connectivity index is 2.23. The Morgan fingerprint density at radius 3 is 2.76 bits per heavy atom. The summed E-state index contributed by atoms with van der Waals surface area (Å²) in [5, 5.41) is 17.6. The second kappa shape index (κ2) is 5.92. The number of nitro groups is 1. The highest BCUT2D eigenvalue weighted by Crippen LogP contribution is 2.22. The molecule has 2 rings (SSSR count). The maximum absolute atomic E-state index is 12.1. The number of aromatic nitrogens is 2. The van der Waals surface area contributed by atoms with Crippen LogP contribution in [0.3, 0.4) is 0 Å². The molecule has 0 aliphatic rings. The number of halogens is 1. The number of nitrogens with one attached hydrogen (secondary N) is 1. The summed E-state index contributed by atoms with van der Waals surface area (Å²) in [5.74, 6) is -0.454. The number of amides is 1. The lowest BCUT2D eigenvalue weighted by Gasteiger charge is -2.07. The van der Waals surface area contributed by atoms with Gasteiger partial charge in [0.15, 0.2) is 5.69 Å².